The molecule has 0 saturated carbocycles. The summed E-state index contributed by atoms with van der Waals surface area (Å²) in [6.07, 6.45) is 3.86. The van der Waals surface area contributed by atoms with Crippen molar-refractivity contribution in [2.24, 2.45) is 5.92 Å². The predicted octanol–water partition coefficient (Wildman–Crippen LogP) is 3.29. The van der Waals surface area contributed by atoms with Gasteiger partial charge in [0.1, 0.15) is 11.4 Å². The number of fused-ring (bicyclic) bond motifs is 1. The normalized spacial score (nSPS) is 18.9. The molecule has 0 aliphatic carbocycles. The molecule has 0 unspecified atom stereocenters. The number of aryl methyl sites for hydroxylation is 1. The van der Waals surface area contributed by atoms with E-state index in [4.69, 9.17) is 9.47 Å². The van der Waals surface area contributed by atoms with E-state index in [0.717, 1.165) is 50.5 Å². The van der Waals surface area contributed by atoms with Gasteiger partial charge in [0.15, 0.2) is 0 Å². The van der Waals surface area contributed by atoms with Crippen LogP contribution in [0, 0.1) is 5.92 Å². The zero-order valence-corrected chi connectivity index (χ0v) is 16.3. The lowest BCUT2D eigenvalue weighted by Gasteiger charge is -2.33. The number of nitrogens with zero attached hydrogens (tertiary/aromatic N) is 3. The minimum Gasteiger partial charge on any atom is -0.444 e. The molecule has 1 fully saturated rings. The molecule has 2 aliphatic heterocycles. The van der Waals surface area contributed by atoms with E-state index in [0.29, 0.717) is 12.5 Å². The third-order valence-corrected chi connectivity index (χ3v) is 5.42. The number of aromatic nitrogens is 2. The number of hydrogen-bond donors (Lipinski definition) is 0. The maximum atomic E-state index is 12.1. The van der Waals surface area contributed by atoms with Crippen molar-refractivity contribution in [2.45, 2.75) is 58.1 Å². The zero-order valence-electron chi connectivity index (χ0n) is 15.5. The highest BCUT2D eigenvalue weighted by molar-refractivity contribution is 7.98. The maximum absolute atomic E-state index is 12.1. The van der Waals surface area contributed by atoms with Gasteiger partial charge in [0.05, 0.1) is 24.7 Å². The number of imidazole rings is 1. The van der Waals surface area contributed by atoms with Crippen molar-refractivity contribution in [1.29, 1.82) is 0 Å². The van der Waals surface area contributed by atoms with Crippen LogP contribution in [0.4, 0.5) is 4.79 Å². The standard InChI is InChI=1S/C18H29N3O3S/c1-18(2,3)24-17(22)20-6-4-14(5-7-20)11-23-12-15-10-21-8-9-25-13-16(21)19-15/h10,14H,4-9,11-13H2,1-3H3. The van der Waals surface area contributed by atoms with E-state index < -0.39 is 5.60 Å². The summed E-state index contributed by atoms with van der Waals surface area (Å²) in [4.78, 5) is 18.5. The van der Waals surface area contributed by atoms with Gasteiger partial charge in [-0.25, -0.2) is 9.78 Å². The molecule has 0 radical (unpaired) electrons. The van der Waals surface area contributed by atoms with Crippen LogP contribution in [0.2, 0.25) is 0 Å². The smallest absolute Gasteiger partial charge is 0.410 e. The van der Waals surface area contributed by atoms with Crippen LogP contribution in [0.5, 0.6) is 0 Å². The summed E-state index contributed by atoms with van der Waals surface area (Å²) in [5.41, 5.74) is 0.600. The van der Waals surface area contributed by atoms with Crippen molar-refractivity contribution >= 4 is 17.9 Å². The van der Waals surface area contributed by atoms with Gasteiger partial charge in [0.25, 0.3) is 0 Å². The first kappa shape index (κ1) is 18.6. The first-order chi connectivity index (χ1) is 11.9. The number of carbonyl (C=O) groups is 1. The molecule has 0 bridgehead atoms. The molecule has 140 valence electrons. The quantitative estimate of drug-likeness (QED) is 0.817. The Kier molecular flexibility index (Phi) is 5.94. The summed E-state index contributed by atoms with van der Waals surface area (Å²) in [7, 11) is 0. The molecule has 1 aromatic rings. The minimum absolute atomic E-state index is 0.201. The van der Waals surface area contributed by atoms with Crippen LogP contribution in [-0.4, -0.2) is 51.6 Å². The molecule has 3 rings (SSSR count). The van der Waals surface area contributed by atoms with Gasteiger partial charge in [-0.15, -0.1) is 0 Å². The van der Waals surface area contributed by atoms with Crippen molar-refractivity contribution in [3.8, 4) is 0 Å². The lowest BCUT2D eigenvalue weighted by atomic mass is 9.98. The fourth-order valence-corrected chi connectivity index (χ4v) is 4.04. The van der Waals surface area contributed by atoms with Crippen LogP contribution >= 0.6 is 11.8 Å². The van der Waals surface area contributed by atoms with Gasteiger partial charge in [0, 0.05) is 31.6 Å². The Morgan fingerprint density at radius 2 is 2.08 bits per heavy atom. The Morgan fingerprint density at radius 1 is 1.32 bits per heavy atom. The van der Waals surface area contributed by atoms with Crippen LogP contribution in [0.1, 0.15) is 45.1 Å². The Labute approximate surface area is 154 Å². The van der Waals surface area contributed by atoms with Gasteiger partial charge in [-0.1, -0.05) is 0 Å². The first-order valence-electron chi connectivity index (χ1n) is 9.09. The Balaban J connectivity index is 1.37. The van der Waals surface area contributed by atoms with Gasteiger partial charge in [-0.2, -0.15) is 11.8 Å². The molecule has 1 amide bonds. The zero-order chi connectivity index (χ0) is 17.9. The van der Waals surface area contributed by atoms with Crippen molar-refractivity contribution in [3.63, 3.8) is 0 Å². The molecule has 0 aromatic carbocycles. The van der Waals surface area contributed by atoms with E-state index in [1.54, 1.807) is 0 Å². The molecule has 6 nitrogen and oxygen atoms in total. The van der Waals surface area contributed by atoms with Crippen molar-refractivity contribution in [3.05, 3.63) is 17.7 Å². The SMILES string of the molecule is CC(C)(C)OC(=O)N1CCC(COCc2cn3c(n2)CSCC3)CC1. The number of amides is 1. The third-order valence-electron chi connectivity index (χ3n) is 4.49. The van der Waals surface area contributed by atoms with Gasteiger partial charge >= 0.3 is 6.09 Å². The second kappa shape index (κ2) is 7.99. The summed E-state index contributed by atoms with van der Waals surface area (Å²) >= 11 is 1.94. The number of ether oxygens (including phenoxy) is 2. The number of hydrogen-bond acceptors (Lipinski definition) is 5. The topological polar surface area (TPSA) is 56.6 Å². The molecule has 25 heavy (non-hydrogen) atoms. The van der Waals surface area contributed by atoms with E-state index >= 15 is 0 Å². The number of rotatable bonds is 4. The summed E-state index contributed by atoms with van der Waals surface area (Å²) in [5.74, 6) is 3.84. The van der Waals surface area contributed by atoms with Gasteiger partial charge in [-0.3, -0.25) is 0 Å². The Hall–Kier alpha value is -1.21. The molecule has 1 aromatic heterocycles. The van der Waals surface area contributed by atoms with E-state index in [9.17, 15) is 4.79 Å². The van der Waals surface area contributed by atoms with Crippen LogP contribution in [-0.2, 0) is 28.4 Å². The fraction of sp³-hybridized carbons (Fsp3) is 0.778. The van der Waals surface area contributed by atoms with Crippen molar-refractivity contribution in [1.82, 2.24) is 14.5 Å². The predicted molar refractivity (Wildman–Crippen MR) is 98.6 cm³/mol. The minimum atomic E-state index is -0.431. The highest BCUT2D eigenvalue weighted by Crippen LogP contribution is 2.21. The summed E-state index contributed by atoms with van der Waals surface area (Å²) in [6, 6.07) is 0. The molecule has 2 aliphatic rings. The molecule has 0 atom stereocenters. The van der Waals surface area contributed by atoms with Crippen LogP contribution in [0.25, 0.3) is 0 Å². The van der Waals surface area contributed by atoms with E-state index in [1.807, 2.05) is 37.4 Å². The van der Waals surface area contributed by atoms with Crippen LogP contribution in [0.15, 0.2) is 6.20 Å². The molecule has 0 spiro atoms. The summed E-state index contributed by atoms with van der Waals surface area (Å²) in [6.45, 7) is 9.57. The molecule has 1 saturated heterocycles. The first-order valence-corrected chi connectivity index (χ1v) is 10.2. The van der Waals surface area contributed by atoms with Crippen LogP contribution in [0.3, 0.4) is 0 Å². The molecule has 7 heteroatoms. The highest BCUT2D eigenvalue weighted by atomic mass is 32.2. The third kappa shape index (κ3) is 5.38. The van der Waals surface area contributed by atoms with Gasteiger partial charge in [0.2, 0.25) is 0 Å². The largest absolute Gasteiger partial charge is 0.444 e. The summed E-state index contributed by atoms with van der Waals surface area (Å²) < 4.78 is 13.6. The maximum Gasteiger partial charge on any atom is 0.410 e. The fourth-order valence-electron chi connectivity index (χ4n) is 3.16. The second-order valence-electron chi connectivity index (χ2n) is 7.82. The Bertz CT molecular complexity index is 565. The van der Waals surface area contributed by atoms with E-state index in [-0.39, 0.29) is 6.09 Å². The number of thioether (sulfide) groups is 1. The average Bonchev–Trinajstić information content (AvgIpc) is 2.96. The molecule has 3 heterocycles. The average molecular weight is 368 g/mol. The second-order valence-corrected chi connectivity index (χ2v) is 8.93. The molecular weight excluding hydrogens is 338 g/mol. The van der Waals surface area contributed by atoms with E-state index in [2.05, 4.69) is 15.7 Å². The van der Waals surface area contributed by atoms with E-state index in [1.165, 1.54) is 11.6 Å². The van der Waals surface area contributed by atoms with Crippen molar-refractivity contribution < 1.29 is 14.3 Å². The van der Waals surface area contributed by atoms with Gasteiger partial charge in [-0.05, 0) is 39.5 Å². The van der Waals surface area contributed by atoms with Crippen LogP contribution < -0.4 is 0 Å². The number of piperidine rings is 1. The number of carbonyl (C=O) groups excluding carboxylic acids is 1. The highest BCUT2D eigenvalue weighted by Gasteiger charge is 2.27. The lowest BCUT2D eigenvalue weighted by Crippen LogP contribution is -2.42. The molecule has 0 N–H and O–H groups in total. The summed E-state index contributed by atoms with van der Waals surface area (Å²) in [5, 5.41) is 0. The van der Waals surface area contributed by atoms with Gasteiger partial charge < -0.3 is 18.9 Å². The lowest BCUT2D eigenvalue weighted by molar-refractivity contribution is 0.0103. The number of likely N-dealkylation sites (tertiary alicyclic amines) is 1. The van der Waals surface area contributed by atoms with Crippen molar-refractivity contribution in [2.75, 3.05) is 25.4 Å². The Morgan fingerprint density at radius 3 is 2.76 bits per heavy atom. The molecular formula is C18H29N3O3S. The monoisotopic (exact) mass is 367 g/mol.